The van der Waals surface area contributed by atoms with Crippen LogP contribution >= 0.6 is 0 Å². The van der Waals surface area contributed by atoms with Crippen LogP contribution in [0.25, 0.3) is 0 Å². The summed E-state index contributed by atoms with van der Waals surface area (Å²) in [5, 5.41) is 2.78. The van der Waals surface area contributed by atoms with Crippen molar-refractivity contribution in [1.29, 1.82) is 0 Å². The number of para-hydroxylation sites is 2. The third-order valence-corrected chi connectivity index (χ3v) is 5.36. The first-order valence-electron chi connectivity index (χ1n) is 6.75. The van der Waals surface area contributed by atoms with Crippen LogP contribution in [0.5, 0.6) is 5.75 Å². The molecule has 0 aromatic heterocycles. The molecule has 116 valence electrons. The first-order valence-corrected chi connectivity index (χ1v) is 8.57. The maximum Gasteiger partial charge on any atom is 0.238 e. The number of rotatable bonds is 5. The van der Waals surface area contributed by atoms with Crippen LogP contribution in [0.4, 0.5) is 5.69 Å². The maximum atomic E-state index is 12.1. The Bertz CT molecular complexity index is 615. The third-order valence-electron chi connectivity index (χ3n) is 3.61. The largest absolute Gasteiger partial charge is 0.495 e. The molecular weight excluding hydrogens is 292 g/mol. The molecule has 1 amide bonds. The first kappa shape index (κ1) is 15.8. The van der Waals surface area contributed by atoms with Crippen molar-refractivity contribution in [2.24, 2.45) is 0 Å². The summed E-state index contributed by atoms with van der Waals surface area (Å²) in [6, 6.07) is 7.08. The monoisotopic (exact) mass is 312 g/mol. The van der Waals surface area contributed by atoms with Crippen LogP contribution in [0.3, 0.4) is 0 Å². The lowest BCUT2D eigenvalue weighted by atomic mass is 10.2. The van der Waals surface area contributed by atoms with Gasteiger partial charge in [-0.25, -0.2) is 8.42 Å². The summed E-state index contributed by atoms with van der Waals surface area (Å²) >= 11 is 0. The molecular formula is C14H20N2O4S. The van der Waals surface area contributed by atoms with Crippen LogP contribution in [-0.4, -0.2) is 57.5 Å². The van der Waals surface area contributed by atoms with Gasteiger partial charge in [0.2, 0.25) is 5.91 Å². The number of carbonyl (C=O) groups is 1. The highest BCUT2D eigenvalue weighted by molar-refractivity contribution is 7.91. The van der Waals surface area contributed by atoms with Crippen LogP contribution in [0, 0.1) is 0 Å². The zero-order valence-corrected chi connectivity index (χ0v) is 13.0. The molecule has 21 heavy (non-hydrogen) atoms. The molecule has 1 unspecified atom stereocenters. The van der Waals surface area contributed by atoms with Gasteiger partial charge in [-0.2, -0.15) is 0 Å². The number of carbonyl (C=O) groups excluding carboxylic acids is 1. The Balaban J connectivity index is 1.93. The molecule has 1 saturated heterocycles. The van der Waals surface area contributed by atoms with Crippen molar-refractivity contribution >= 4 is 21.4 Å². The average Bonchev–Trinajstić information content (AvgIpc) is 2.79. The van der Waals surface area contributed by atoms with Gasteiger partial charge in [0.1, 0.15) is 5.75 Å². The Hall–Kier alpha value is -1.60. The lowest BCUT2D eigenvalue weighted by Crippen LogP contribution is -2.38. The van der Waals surface area contributed by atoms with Crippen molar-refractivity contribution in [2.45, 2.75) is 12.5 Å². The fourth-order valence-corrected chi connectivity index (χ4v) is 4.22. The van der Waals surface area contributed by atoms with Crippen molar-refractivity contribution in [3.8, 4) is 5.75 Å². The summed E-state index contributed by atoms with van der Waals surface area (Å²) < 4.78 is 28.1. The molecule has 1 atom stereocenters. The number of methoxy groups -OCH3 is 1. The molecule has 1 heterocycles. The van der Waals surface area contributed by atoms with E-state index in [9.17, 15) is 13.2 Å². The van der Waals surface area contributed by atoms with E-state index in [1.54, 1.807) is 31.2 Å². The van der Waals surface area contributed by atoms with Crippen molar-refractivity contribution < 1.29 is 17.9 Å². The molecule has 0 saturated carbocycles. The number of anilines is 1. The normalized spacial score (nSPS) is 20.4. The van der Waals surface area contributed by atoms with Gasteiger partial charge in [-0.15, -0.1) is 0 Å². The zero-order chi connectivity index (χ0) is 15.5. The van der Waals surface area contributed by atoms with Gasteiger partial charge in [-0.05, 0) is 25.6 Å². The van der Waals surface area contributed by atoms with E-state index in [1.807, 2.05) is 12.1 Å². The summed E-state index contributed by atoms with van der Waals surface area (Å²) in [6.45, 7) is 0.151. The van der Waals surface area contributed by atoms with E-state index < -0.39 is 9.84 Å². The van der Waals surface area contributed by atoms with Gasteiger partial charge in [0.05, 0.1) is 30.8 Å². The molecule has 1 aliphatic rings. The van der Waals surface area contributed by atoms with E-state index in [0.717, 1.165) is 0 Å². The molecule has 1 aliphatic heterocycles. The Kier molecular flexibility index (Phi) is 4.84. The van der Waals surface area contributed by atoms with Crippen LogP contribution < -0.4 is 10.1 Å². The van der Waals surface area contributed by atoms with Crippen LogP contribution in [0.15, 0.2) is 24.3 Å². The Morgan fingerprint density at radius 3 is 2.76 bits per heavy atom. The third kappa shape index (κ3) is 4.18. The highest BCUT2D eigenvalue weighted by atomic mass is 32.2. The molecule has 1 aromatic carbocycles. The minimum Gasteiger partial charge on any atom is -0.495 e. The standard InChI is InChI=1S/C14H20N2O4S/c1-16(11-7-8-21(18,19)10-11)9-14(17)15-12-5-3-4-6-13(12)20-2/h3-6,11H,7-10H2,1-2H3,(H,15,17). The van der Waals surface area contributed by atoms with E-state index in [0.29, 0.717) is 17.9 Å². The smallest absolute Gasteiger partial charge is 0.238 e. The average molecular weight is 312 g/mol. The predicted octanol–water partition coefficient (Wildman–Crippen LogP) is 0.753. The summed E-state index contributed by atoms with van der Waals surface area (Å²) in [5.74, 6) is 0.741. The van der Waals surface area contributed by atoms with Gasteiger partial charge in [0.15, 0.2) is 9.84 Å². The van der Waals surface area contributed by atoms with Crippen LogP contribution in [0.1, 0.15) is 6.42 Å². The Morgan fingerprint density at radius 1 is 1.43 bits per heavy atom. The van der Waals surface area contributed by atoms with Crippen LogP contribution in [-0.2, 0) is 14.6 Å². The number of hydrogen-bond donors (Lipinski definition) is 1. The number of sulfone groups is 1. The molecule has 1 aromatic rings. The van der Waals surface area contributed by atoms with E-state index in [-0.39, 0.29) is 30.0 Å². The van der Waals surface area contributed by atoms with E-state index in [4.69, 9.17) is 4.74 Å². The van der Waals surface area contributed by atoms with Gasteiger partial charge in [0, 0.05) is 6.04 Å². The zero-order valence-electron chi connectivity index (χ0n) is 12.2. The molecule has 0 aliphatic carbocycles. The summed E-state index contributed by atoms with van der Waals surface area (Å²) in [7, 11) is 0.374. The second kappa shape index (κ2) is 6.44. The summed E-state index contributed by atoms with van der Waals surface area (Å²) in [6.07, 6.45) is 0.584. The number of hydrogen-bond acceptors (Lipinski definition) is 5. The SMILES string of the molecule is COc1ccccc1NC(=O)CN(C)C1CCS(=O)(=O)C1. The lowest BCUT2D eigenvalue weighted by Gasteiger charge is -2.22. The molecule has 0 radical (unpaired) electrons. The molecule has 2 rings (SSSR count). The number of benzene rings is 1. The van der Waals surface area contributed by atoms with Gasteiger partial charge < -0.3 is 10.1 Å². The predicted molar refractivity (Wildman–Crippen MR) is 81.3 cm³/mol. The molecule has 1 fully saturated rings. The molecule has 0 spiro atoms. The number of amides is 1. The van der Waals surface area contributed by atoms with Gasteiger partial charge in [0.25, 0.3) is 0 Å². The van der Waals surface area contributed by atoms with Gasteiger partial charge in [-0.1, -0.05) is 12.1 Å². The second-order valence-corrected chi connectivity index (χ2v) is 7.45. The highest BCUT2D eigenvalue weighted by Crippen LogP contribution is 2.23. The number of ether oxygens (including phenoxy) is 1. The van der Waals surface area contributed by atoms with Gasteiger partial charge in [-0.3, -0.25) is 9.69 Å². The number of likely N-dealkylation sites (N-methyl/N-ethyl adjacent to an activating group) is 1. The van der Waals surface area contributed by atoms with Crippen LogP contribution in [0.2, 0.25) is 0 Å². The summed E-state index contributed by atoms with van der Waals surface area (Å²) in [4.78, 5) is 13.8. The molecule has 0 bridgehead atoms. The van der Waals surface area contributed by atoms with E-state index in [2.05, 4.69) is 5.32 Å². The topological polar surface area (TPSA) is 75.7 Å². The quantitative estimate of drug-likeness (QED) is 0.868. The number of nitrogens with one attached hydrogen (secondary N) is 1. The Labute approximate surface area is 125 Å². The van der Waals surface area contributed by atoms with Crippen molar-refractivity contribution in [3.05, 3.63) is 24.3 Å². The van der Waals surface area contributed by atoms with E-state index in [1.165, 1.54) is 0 Å². The van der Waals surface area contributed by atoms with E-state index >= 15 is 0 Å². The second-order valence-electron chi connectivity index (χ2n) is 5.22. The Morgan fingerprint density at radius 2 is 2.14 bits per heavy atom. The highest BCUT2D eigenvalue weighted by Gasteiger charge is 2.31. The van der Waals surface area contributed by atoms with Crippen molar-refractivity contribution in [3.63, 3.8) is 0 Å². The molecule has 6 nitrogen and oxygen atoms in total. The fraction of sp³-hybridized carbons (Fsp3) is 0.500. The van der Waals surface area contributed by atoms with Gasteiger partial charge >= 0.3 is 0 Å². The summed E-state index contributed by atoms with van der Waals surface area (Å²) in [5.41, 5.74) is 0.609. The fourth-order valence-electron chi connectivity index (χ4n) is 2.42. The maximum absolute atomic E-state index is 12.1. The molecule has 7 heteroatoms. The lowest BCUT2D eigenvalue weighted by molar-refractivity contribution is -0.117. The minimum absolute atomic E-state index is 0.0848. The number of nitrogens with zero attached hydrogens (tertiary/aromatic N) is 1. The van der Waals surface area contributed by atoms with Crippen molar-refractivity contribution in [1.82, 2.24) is 4.90 Å². The van der Waals surface area contributed by atoms with Crippen molar-refractivity contribution in [2.75, 3.05) is 37.5 Å². The minimum atomic E-state index is -2.94. The first-order chi connectivity index (χ1) is 9.91. The molecule has 1 N–H and O–H groups in total.